The summed E-state index contributed by atoms with van der Waals surface area (Å²) in [7, 11) is 2.23. The standard InChI is InChI=1S/C16H26N2/c1-13(15-9-4-3-5-10-15)16(11-17)18(2)12-14-7-6-8-14/h3-5,9-10,13-14,16H,6-8,11-12,17H2,1-2H3. The summed E-state index contributed by atoms with van der Waals surface area (Å²) >= 11 is 0. The van der Waals surface area contributed by atoms with Gasteiger partial charge in [0.05, 0.1) is 0 Å². The summed E-state index contributed by atoms with van der Waals surface area (Å²) < 4.78 is 0. The van der Waals surface area contributed by atoms with Gasteiger partial charge in [0.2, 0.25) is 0 Å². The molecular weight excluding hydrogens is 220 g/mol. The summed E-state index contributed by atoms with van der Waals surface area (Å²) in [4.78, 5) is 2.47. The molecule has 1 aromatic rings. The zero-order valence-electron chi connectivity index (χ0n) is 11.7. The monoisotopic (exact) mass is 246 g/mol. The Bertz CT molecular complexity index is 345. The van der Waals surface area contributed by atoms with E-state index in [-0.39, 0.29) is 0 Å². The molecule has 0 radical (unpaired) electrons. The smallest absolute Gasteiger partial charge is 0.0281 e. The highest BCUT2D eigenvalue weighted by atomic mass is 15.1. The van der Waals surface area contributed by atoms with Crippen LogP contribution < -0.4 is 5.73 Å². The predicted molar refractivity (Wildman–Crippen MR) is 77.7 cm³/mol. The molecule has 0 saturated heterocycles. The van der Waals surface area contributed by atoms with Crippen LogP contribution in [-0.4, -0.2) is 31.1 Å². The Morgan fingerprint density at radius 1 is 1.28 bits per heavy atom. The lowest BCUT2D eigenvalue weighted by atomic mass is 9.84. The van der Waals surface area contributed by atoms with Crippen molar-refractivity contribution in [2.24, 2.45) is 11.7 Å². The van der Waals surface area contributed by atoms with Gasteiger partial charge in [0.15, 0.2) is 0 Å². The van der Waals surface area contributed by atoms with Crippen molar-refractivity contribution in [3.63, 3.8) is 0 Å². The lowest BCUT2D eigenvalue weighted by Crippen LogP contribution is -2.44. The minimum absolute atomic E-state index is 0.452. The third-order valence-electron chi connectivity index (χ3n) is 4.48. The molecule has 2 unspecified atom stereocenters. The van der Waals surface area contributed by atoms with Crippen molar-refractivity contribution < 1.29 is 0 Å². The molecule has 0 bridgehead atoms. The lowest BCUT2D eigenvalue weighted by Gasteiger charge is -2.37. The Balaban J connectivity index is 1.98. The number of nitrogens with two attached hydrogens (primary N) is 1. The highest BCUT2D eigenvalue weighted by Crippen LogP contribution is 2.29. The number of hydrogen-bond acceptors (Lipinski definition) is 2. The van der Waals surface area contributed by atoms with E-state index in [1.165, 1.54) is 31.4 Å². The molecule has 0 heterocycles. The summed E-state index contributed by atoms with van der Waals surface area (Å²) in [5, 5.41) is 0. The predicted octanol–water partition coefficient (Wildman–Crippen LogP) is 2.85. The van der Waals surface area contributed by atoms with Gasteiger partial charge in [0, 0.05) is 19.1 Å². The van der Waals surface area contributed by atoms with E-state index in [0.717, 1.165) is 12.5 Å². The van der Waals surface area contributed by atoms with Gasteiger partial charge in [-0.2, -0.15) is 0 Å². The van der Waals surface area contributed by atoms with Gasteiger partial charge in [0.1, 0.15) is 0 Å². The van der Waals surface area contributed by atoms with Gasteiger partial charge >= 0.3 is 0 Å². The topological polar surface area (TPSA) is 29.3 Å². The minimum atomic E-state index is 0.452. The molecule has 1 fully saturated rings. The van der Waals surface area contributed by atoms with Crippen LogP contribution in [0.4, 0.5) is 0 Å². The van der Waals surface area contributed by atoms with E-state index in [1.54, 1.807) is 0 Å². The van der Waals surface area contributed by atoms with Gasteiger partial charge in [0.25, 0.3) is 0 Å². The molecule has 2 nitrogen and oxygen atoms in total. The molecule has 1 saturated carbocycles. The maximum Gasteiger partial charge on any atom is 0.0281 e. The third-order valence-corrected chi connectivity index (χ3v) is 4.48. The second-order valence-corrected chi connectivity index (χ2v) is 5.74. The first-order valence-electron chi connectivity index (χ1n) is 7.17. The number of nitrogens with zero attached hydrogens (tertiary/aromatic N) is 1. The van der Waals surface area contributed by atoms with E-state index in [0.29, 0.717) is 12.0 Å². The van der Waals surface area contributed by atoms with Gasteiger partial charge in [-0.25, -0.2) is 0 Å². The van der Waals surface area contributed by atoms with E-state index >= 15 is 0 Å². The molecule has 2 heteroatoms. The van der Waals surface area contributed by atoms with Crippen LogP contribution in [0.3, 0.4) is 0 Å². The van der Waals surface area contributed by atoms with Crippen molar-refractivity contribution >= 4 is 0 Å². The van der Waals surface area contributed by atoms with Crippen molar-refractivity contribution in [3.05, 3.63) is 35.9 Å². The van der Waals surface area contributed by atoms with Gasteiger partial charge in [-0.3, -0.25) is 0 Å². The molecule has 100 valence electrons. The largest absolute Gasteiger partial charge is 0.329 e. The molecule has 1 aliphatic rings. The summed E-state index contributed by atoms with van der Waals surface area (Å²) in [5.74, 6) is 1.41. The van der Waals surface area contributed by atoms with E-state index in [9.17, 15) is 0 Å². The first-order valence-corrected chi connectivity index (χ1v) is 7.17. The van der Waals surface area contributed by atoms with Crippen molar-refractivity contribution in [1.82, 2.24) is 4.90 Å². The molecule has 2 N–H and O–H groups in total. The highest BCUT2D eigenvalue weighted by molar-refractivity contribution is 5.20. The van der Waals surface area contributed by atoms with Crippen LogP contribution in [0.25, 0.3) is 0 Å². The van der Waals surface area contributed by atoms with Gasteiger partial charge in [-0.15, -0.1) is 0 Å². The van der Waals surface area contributed by atoms with Crippen LogP contribution >= 0.6 is 0 Å². The fraction of sp³-hybridized carbons (Fsp3) is 0.625. The van der Waals surface area contributed by atoms with Crippen molar-refractivity contribution in [2.45, 2.75) is 38.1 Å². The van der Waals surface area contributed by atoms with Crippen LogP contribution in [0, 0.1) is 5.92 Å². The normalized spacial score (nSPS) is 19.6. The van der Waals surface area contributed by atoms with E-state index in [1.807, 2.05) is 0 Å². The molecule has 2 rings (SSSR count). The summed E-state index contributed by atoms with van der Waals surface area (Å²) in [6.45, 7) is 4.24. The van der Waals surface area contributed by atoms with E-state index in [4.69, 9.17) is 5.73 Å². The second-order valence-electron chi connectivity index (χ2n) is 5.74. The number of hydrogen-bond donors (Lipinski definition) is 1. The Hall–Kier alpha value is -0.860. The molecule has 1 aromatic carbocycles. The van der Waals surface area contributed by atoms with Gasteiger partial charge in [-0.1, -0.05) is 43.7 Å². The van der Waals surface area contributed by atoms with Gasteiger partial charge < -0.3 is 10.6 Å². The van der Waals surface area contributed by atoms with Crippen LogP contribution in [0.1, 0.15) is 37.7 Å². The second kappa shape index (κ2) is 6.35. The van der Waals surface area contributed by atoms with Gasteiger partial charge in [-0.05, 0) is 37.3 Å². The summed E-state index contributed by atoms with van der Waals surface area (Å²) in [6.07, 6.45) is 4.22. The Morgan fingerprint density at radius 3 is 2.44 bits per heavy atom. The summed E-state index contributed by atoms with van der Waals surface area (Å²) in [5.41, 5.74) is 7.40. The maximum atomic E-state index is 6.01. The molecule has 0 amide bonds. The van der Waals surface area contributed by atoms with Crippen molar-refractivity contribution in [3.8, 4) is 0 Å². The lowest BCUT2D eigenvalue weighted by molar-refractivity contribution is 0.151. The Morgan fingerprint density at radius 2 is 1.94 bits per heavy atom. The highest BCUT2D eigenvalue weighted by Gasteiger charge is 2.26. The molecule has 0 aromatic heterocycles. The number of rotatable bonds is 6. The number of likely N-dealkylation sites (N-methyl/N-ethyl adjacent to an activating group) is 1. The SMILES string of the molecule is CC(c1ccccc1)C(CN)N(C)CC1CCC1. The summed E-state index contributed by atoms with van der Waals surface area (Å²) in [6, 6.07) is 11.2. The third kappa shape index (κ3) is 3.12. The fourth-order valence-corrected chi connectivity index (χ4v) is 2.96. The Labute approximate surface area is 111 Å². The molecule has 2 atom stereocenters. The number of benzene rings is 1. The first kappa shape index (κ1) is 13.6. The fourth-order valence-electron chi connectivity index (χ4n) is 2.96. The average Bonchev–Trinajstić information content (AvgIpc) is 2.35. The first-order chi connectivity index (χ1) is 8.72. The zero-order valence-corrected chi connectivity index (χ0v) is 11.7. The van der Waals surface area contributed by atoms with Crippen molar-refractivity contribution in [1.29, 1.82) is 0 Å². The van der Waals surface area contributed by atoms with Crippen LogP contribution in [0.5, 0.6) is 0 Å². The molecular formula is C16H26N2. The maximum absolute atomic E-state index is 6.01. The minimum Gasteiger partial charge on any atom is -0.329 e. The Kier molecular flexibility index (Phi) is 4.79. The van der Waals surface area contributed by atoms with E-state index < -0.39 is 0 Å². The zero-order chi connectivity index (χ0) is 13.0. The molecule has 1 aliphatic carbocycles. The quantitative estimate of drug-likeness (QED) is 0.836. The molecule has 18 heavy (non-hydrogen) atoms. The molecule has 0 aliphatic heterocycles. The molecule has 0 spiro atoms. The average molecular weight is 246 g/mol. The van der Waals surface area contributed by atoms with Crippen LogP contribution in [-0.2, 0) is 0 Å². The van der Waals surface area contributed by atoms with Crippen LogP contribution in [0.15, 0.2) is 30.3 Å². The van der Waals surface area contributed by atoms with Crippen LogP contribution in [0.2, 0.25) is 0 Å². The van der Waals surface area contributed by atoms with Crippen molar-refractivity contribution in [2.75, 3.05) is 20.1 Å². The van der Waals surface area contributed by atoms with E-state index in [2.05, 4.69) is 49.2 Å².